The van der Waals surface area contributed by atoms with Crippen molar-refractivity contribution in [3.8, 4) is 0 Å². The lowest BCUT2D eigenvalue weighted by Crippen LogP contribution is -1.99. The number of para-hydroxylation sites is 2. The quantitative estimate of drug-likeness (QED) is 0.715. The van der Waals surface area contributed by atoms with Gasteiger partial charge in [-0.2, -0.15) is 0 Å². The van der Waals surface area contributed by atoms with E-state index < -0.39 is 0 Å². The van der Waals surface area contributed by atoms with Gasteiger partial charge in [0.1, 0.15) is 6.73 Å². The Balaban J connectivity index is 2.35. The molecule has 1 aromatic carbocycles. The molecular formula is C10H12N2O. The largest absolute Gasteiger partial charge is 0.361 e. The number of imidazole rings is 1. The van der Waals surface area contributed by atoms with Gasteiger partial charge >= 0.3 is 0 Å². The highest BCUT2D eigenvalue weighted by molar-refractivity contribution is 5.74. The Hall–Kier alpha value is -1.35. The van der Waals surface area contributed by atoms with Gasteiger partial charge in [0.15, 0.2) is 0 Å². The second-order valence-corrected chi connectivity index (χ2v) is 2.82. The molecule has 3 nitrogen and oxygen atoms in total. The highest BCUT2D eigenvalue weighted by Crippen LogP contribution is 2.11. The Morgan fingerprint density at radius 3 is 3.08 bits per heavy atom. The number of rotatable bonds is 3. The second kappa shape index (κ2) is 3.58. The maximum atomic E-state index is 5.31. The SMILES string of the molecule is CCOCn1cnc2ccccc21. The molecule has 0 aliphatic carbocycles. The van der Waals surface area contributed by atoms with Crippen LogP contribution in [0.4, 0.5) is 0 Å². The Bertz CT molecular complexity index is 394. The van der Waals surface area contributed by atoms with Gasteiger partial charge in [0, 0.05) is 6.61 Å². The maximum Gasteiger partial charge on any atom is 0.124 e. The van der Waals surface area contributed by atoms with Gasteiger partial charge in [0.2, 0.25) is 0 Å². The molecule has 0 radical (unpaired) electrons. The fourth-order valence-corrected chi connectivity index (χ4v) is 1.30. The highest BCUT2D eigenvalue weighted by atomic mass is 16.5. The molecule has 0 saturated heterocycles. The van der Waals surface area contributed by atoms with Crippen LogP contribution >= 0.6 is 0 Å². The van der Waals surface area contributed by atoms with Crippen molar-refractivity contribution in [2.24, 2.45) is 0 Å². The van der Waals surface area contributed by atoms with E-state index in [-0.39, 0.29) is 0 Å². The van der Waals surface area contributed by atoms with E-state index in [1.807, 2.05) is 35.8 Å². The third kappa shape index (κ3) is 1.55. The summed E-state index contributed by atoms with van der Waals surface area (Å²) in [5.41, 5.74) is 2.14. The molecule has 0 bridgehead atoms. The van der Waals surface area contributed by atoms with Crippen LogP contribution in [0.25, 0.3) is 11.0 Å². The molecular weight excluding hydrogens is 164 g/mol. The zero-order valence-electron chi connectivity index (χ0n) is 7.60. The summed E-state index contributed by atoms with van der Waals surface area (Å²) in [5.74, 6) is 0. The molecule has 0 saturated carbocycles. The minimum atomic E-state index is 0.580. The number of hydrogen-bond donors (Lipinski definition) is 0. The maximum absolute atomic E-state index is 5.31. The van der Waals surface area contributed by atoms with Gasteiger partial charge in [-0.15, -0.1) is 0 Å². The lowest BCUT2D eigenvalue weighted by Gasteiger charge is -2.02. The van der Waals surface area contributed by atoms with Crippen LogP contribution in [0.1, 0.15) is 6.92 Å². The predicted molar refractivity (Wildman–Crippen MR) is 51.4 cm³/mol. The molecule has 1 aromatic heterocycles. The first kappa shape index (κ1) is 8.26. The number of hydrogen-bond acceptors (Lipinski definition) is 2. The first-order valence-electron chi connectivity index (χ1n) is 4.39. The Kier molecular flexibility index (Phi) is 2.27. The van der Waals surface area contributed by atoms with E-state index in [0.717, 1.165) is 17.6 Å². The van der Waals surface area contributed by atoms with E-state index in [1.54, 1.807) is 6.33 Å². The van der Waals surface area contributed by atoms with E-state index in [0.29, 0.717) is 6.73 Å². The first-order valence-corrected chi connectivity index (χ1v) is 4.39. The molecule has 0 fully saturated rings. The molecule has 0 spiro atoms. The van der Waals surface area contributed by atoms with Gasteiger partial charge in [-0.3, -0.25) is 0 Å². The van der Waals surface area contributed by atoms with Crippen LogP contribution in [0, 0.1) is 0 Å². The van der Waals surface area contributed by atoms with Crippen LogP contribution in [0.5, 0.6) is 0 Å². The average Bonchev–Trinajstić information content (AvgIpc) is 2.58. The van der Waals surface area contributed by atoms with E-state index in [1.165, 1.54) is 0 Å². The smallest absolute Gasteiger partial charge is 0.124 e. The Morgan fingerprint density at radius 1 is 1.38 bits per heavy atom. The van der Waals surface area contributed by atoms with E-state index in [4.69, 9.17) is 4.74 Å². The van der Waals surface area contributed by atoms with E-state index >= 15 is 0 Å². The van der Waals surface area contributed by atoms with Gasteiger partial charge in [-0.05, 0) is 19.1 Å². The highest BCUT2D eigenvalue weighted by Gasteiger charge is 1.99. The molecule has 2 aromatic rings. The number of aromatic nitrogens is 2. The fraction of sp³-hybridized carbons (Fsp3) is 0.300. The topological polar surface area (TPSA) is 27.1 Å². The van der Waals surface area contributed by atoms with Crippen molar-refractivity contribution in [2.75, 3.05) is 6.61 Å². The van der Waals surface area contributed by atoms with Crippen molar-refractivity contribution < 1.29 is 4.74 Å². The van der Waals surface area contributed by atoms with Crippen molar-refractivity contribution in [3.63, 3.8) is 0 Å². The summed E-state index contributed by atoms with van der Waals surface area (Å²) in [6.07, 6.45) is 1.81. The van der Waals surface area contributed by atoms with Crippen LogP contribution in [0.2, 0.25) is 0 Å². The van der Waals surface area contributed by atoms with Gasteiger partial charge in [-0.25, -0.2) is 4.98 Å². The van der Waals surface area contributed by atoms with E-state index in [9.17, 15) is 0 Å². The molecule has 0 N–H and O–H groups in total. The van der Waals surface area contributed by atoms with Crippen molar-refractivity contribution in [1.82, 2.24) is 9.55 Å². The number of nitrogens with zero attached hydrogens (tertiary/aromatic N) is 2. The van der Waals surface area contributed by atoms with Crippen molar-refractivity contribution in [2.45, 2.75) is 13.7 Å². The molecule has 3 heteroatoms. The third-order valence-corrected chi connectivity index (χ3v) is 1.96. The van der Waals surface area contributed by atoms with Crippen LogP contribution in [-0.4, -0.2) is 16.2 Å². The molecule has 0 aliphatic heterocycles. The van der Waals surface area contributed by atoms with Gasteiger partial charge in [0.25, 0.3) is 0 Å². The van der Waals surface area contributed by atoms with Crippen LogP contribution in [-0.2, 0) is 11.5 Å². The summed E-state index contributed by atoms with van der Waals surface area (Å²) in [7, 11) is 0. The summed E-state index contributed by atoms with van der Waals surface area (Å²) in [5, 5.41) is 0. The molecule has 0 unspecified atom stereocenters. The minimum Gasteiger partial charge on any atom is -0.361 e. The third-order valence-electron chi connectivity index (χ3n) is 1.96. The van der Waals surface area contributed by atoms with Crippen molar-refractivity contribution >= 4 is 11.0 Å². The number of fused-ring (bicyclic) bond motifs is 1. The monoisotopic (exact) mass is 176 g/mol. The Labute approximate surface area is 77.0 Å². The lowest BCUT2D eigenvalue weighted by molar-refractivity contribution is 0.0905. The summed E-state index contributed by atoms with van der Waals surface area (Å²) in [6.45, 7) is 3.29. The average molecular weight is 176 g/mol. The van der Waals surface area contributed by atoms with Crippen LogP contribution in [0.3, 0.4) is 0 Å². The molecule has 0 aliphatic rings. The fourth-order valence-electron chi connectivity index (χ4n) is 1.30. The summed E-state index contributed by atoms with van der Waals surface area (Å²) in [6, 6.07) is 8.03. The molecule has 1 heterocycles. The molecule has 68 valence electrons. The van der Waals surface area contributed by atoms with Crippen LogP contribution in [0.15, 0.2) is 30.6 Å². The number of ether oxygens (including phenoxy) is 1. The molecule has 13 heavy (non-hydrogen) atoms. The molecule has 0 atom stereocenters. The predicted octanol–water partition coefficient (Wildman–Crippen LogP) is 2.03. The second-order valence-electron chi connectivity index (χ2n) is 2.82. The molecule has 0 amide bonds. The van der Waals surface area contributed by atoms with Gasteiger partial charge < -0.3 is 9.30 Å². The zero-order chi connectivity index (χ0) is 9.10. The normalized spacial score (nSPS) is 10.8. The minimum absolute atomic E-state index is 0.580. The standard InChI is InChI=1S/C10H12N2O/c1-2-13-8-12-7-11-9-5-3-4-6-10(9)12/h3-7H,2,8H2,1H3. The van der Waals surface area contributed by atoms with E-state index in [2.05, 4.69) is 4.98 Å². The summed E-state index contributed by atoms with van der Waals surface area (Å²) < 4.78 is 7.31. The van der Waals surface area contributed by atoms with Gasteiger partial charge in [-0.1, -0.05) is 12.1 Å². The Morgan fingerprint density at radius 2 is 2.23 bits per heavy atom. The zero-order valence-corrected chi connectivity index (χ0v) is 7.60. The molecule has 2 rings (SSSR count). The van der Waals surface area contributed by atoms with Crippen molar-refractivity contribution in [3.05, 3.63) is 30.6 Å². The van der Waals surface area contributed by atoms with Crippen molar-refractivity contribution in [1.29, 1.82) is 0 Å². The van der Waals surface area contributed by atoms with Gasteiger partial charge in [0.05, 0.1) is 17.4 Å². The summed E-state index contributed by atoms with van der Waals surface area (Å²) >= 11 is 0. The lowest BCUT2D eigenvalue weighted by atomic mass is 10.3. The first-order chi connectivity index (χ1) is 6.42. The number of benzene rings is 1. The summed E-state index contributed by atoms with van der Waals surface area (Å²) in [4.78, 5) is 4.25. The van der Waals surface area contributed by atoms with Crippen LogP contribution < -0.4 is 0 Å².